The molecule has 0 unspecified atom stereocenters. The van der Waals surface area contributed by atoms with E-state index in [-0.39, 0.29) is 5.91 Å². The number of hydrogen-bond donors (Lipinski definition) is 1. The Morgan fingerprint density at radius 2 is 1.64 bits per heavy atom. The molecule has 7 heteroatoms. The topological polar surface area (TPSA) is 54.0 Å². The molecule has 1 heterocycles. The molecule has 0 bridgehead atoms. The second kappa shape index (κ2) is 10.6. The number of nitrogens with zero attached hydrogens (tertiary/aromatic N) is 2. The van der Waals surface area contributed by atoms with Crippen LogP contribution in [-0.4, -0.2) is 51.1 Å². The van der Waals surface area contributed by atoms with Crippen LogP contribution in [-0.2, 0) is 6.61 Å². The zero-order valence-corrected chi connectivity index (χ0v) is 19.6. The summed E-state index contributed by atoms with van der Waals surface area (Å²) in [6.45, 7) is 4.50. The molecule has 6 nitrogen and oxygen atoms in total. The van der Waals surface area contributed by atoms with Crippen molar-refractivity contribution in [3.05, 3.63) is 82.9 Å². The van der Waals surface area contributed by atoms with E-state index in [0.717, 1.165) is 37.4 Å². The number of nitrogens with one attached hydrogen (secondary N) is 1. The quantitative estimate of drug-likeness (QED) is 0.536. The van der Waals surface area contributed by atoms with Crippen LogP contribution >= 0.6 is 11.6 Å². The fourth-order valence-corrected chi connectivity index (χ4v) is 3.82. The Morgan fingerprint density at radius 1 is 0.939 bits per heavy atom. The number of amides is 1. The summed E-state index contributed by atoms with van der Waals surface area (Å²) in [6.07, 6.45) is 0. The highest BCUT2D eigenvalue weighted by Gasteiger charge is 2.15. The third kappa shape index (κ3) is 5.97. The third-order valence-corrected chi connectivity index (χ3v) is 5.98. The SMILES string of the molecule is COc1cc(C(=O)Nc2ccc(N3CCN(C)CC3)cc2)ccc1OCc1ccc(Cl)cc1. The lowest BCUT2D eigenvalue weighted by atomic mass is 10.1. The minimum absolute atomic E-state index is 0.204. The van der Waals surface area contributed by atoms with Crippen molar-refractivity contribution in [1.29, 1.82) is 0 Å². The van der Waals surface area contributed by atoms with Gasteiger partial charge < -0.3 is 24.6 Å². The van der Waals surface area contributed by atoms with Gasteiger partial charge in [0, 0.05) is 48.1 Å². The van der Waals surface area contributed by atoms with E-state index in [2.05, 4.69) is 34.3 Å². The number of hydrogen-bond acceptors (Lipinski definition) is 5. The predicted octanol–water partition coefficient (Wildman–Crippen LogP) is 4.93. The van der Waals surface area contributed by atoms with Gasteiger partial charge in [0.25, 0.3) is 5.91 Å². The second-order valence-corrected chi connectivity index (χ2v) is 8.51. The fourth-order valence-electron chi connectivity index (χ4n) is 3.69. The van der Waals surface area contributed by atoms with Crippen LogP contribution in [0.2, 0.25) is 5.02 Å². The molecule has 172 valence electrons. The maximum absolute atomic E-state index is 12.8. The number of ether oxygens (including phenoxy) is 2. The van der Waals surface area contributed by atoms with Crippen LogP contribution < -0.4 is 19.7 Å². The Kier molecular flexibility index (Phi) is 7.37. The van der Waals surface area contributed by atoms with Gasteiger partial charge in [-0.15, -0.1) is 0 Å². The summed E-state index contributed by atoms with van der Waals surface area (Å²) in [7, 11) is 3.70. The molecule has 3 aromatic carbocycles. The van der Waals surface area contributed by atoms with E-state index in [1.807, 2.05) is 36.4 Å². The second-order valence-electron chi connectivity index (χ2n) is 8.07. The first-order valence-electron chi connectivity index (χ1n) is 10.9. The summed E-state index contributed by atoms with van der Waals surface area (Å²) >= 11 is 5.93. The molecule has 0 radical (unpaired) electrons. The Hall–Kier alpha value is -3.22. The largest absolute Gasteiger partial charge is 0.493 e. The monoisotopic (exact) mass is 465 g/mol. The van der Waals surface area contributed by atoms with E-state index in [1.165, 1.54) is 5.69 Å². The molecule has 4 rings (SSSR count). The summed E-state index contributed by atoms with van der Waals surface area (Å²) in [6, 6.07) is 20.6. The maximum atomic E-state index is 12.8. The summed E-state index contributed by atoms with van der Waals surface area (Å²) < 4.78 is 11.3. The number of anilines is 2. The van der Waals surface area contributed by atoms with Crippen molar-refractivity contribution in [3.63, 3.8) is 0 Å². The van der Waals surface area contributed by atoms with Crippen LogP contribution in [0.4, 0.5) is 11.4 Å². The van der Waals surface area contributed by atoms with E-state index in [1.54, 1.807) is 25.3 Å². The lowest BCUT2D eigenvalue weighted by Crippen LogP contribution is -2.44. The van der Waals surface area contributed by atoms with Gasteiger partial charge in [0.15, 0.2) is 11.5 Å². The first-order valence-corrected chi connectivity index (χ1v) is 11.3. The maximum Gasteiger partial charge on any atom is 0.255 e. The number of carbonyl (C=O) groups is 1. The number of piperazine rings is 1. The highest BCUT2D eigenvalue weighted by Crippen LogP contribution is 2.29. The first kappa shape index (κ1) is 23.0. The Balaban J connectivity index is 1.38. The normalized spacial score (nSPS) is 14.1. The molecule has 1 aliphatic heterocycles. The first-order chi connectivity index (χ1) is 16.0. The number of methoxy groups -OCH3 is 1. The van der Waals surface area contributed by atoms with Crippen LogP contribution in [0.15, 0.2) is 66.7 Å². The summed E-state index contributed by atoms with van der Waals surface area (Å²) in [5, 5.41) is 3.64. The van der Waals surface area contributed by atoms with Crippen LogP contribution in [0.25, 0.3) is 0 Å². The molecule has 0 aliphatic carbocycles. The van der Waals surface area contributed by atoms with Gasteiger partial charge in [-0.25, -0.2) is 0 Å². The number of carbonyl (C=O) groups excluding carboxylic acids is 1. The molecule has 3 aromatic rings. The van der Waals surface area contributed by atoms with Crippen molar-refractivity contribution in [2.24, 2.45) is 0 Å². The van der Waals surface area contributed by atoms with Crippen molar-refractivity contribution < 1.29 is 14.3 Å². The molecular formula is C26H28ClN3O3. The smallest absolute Gasteiger partial charge is 0.255 e. The Morgan fingerprint density at radius 3 is 2.30 bits per heavy atom. The van der Waals surface area contributed by atoms with Crippen molar-refractivity contribution in [1.82, 2.24) is 4.90 Å². The molecule has 0 atom stereocenters. The van der Waals surface area contributed by atoms with E-state index < -0.39 is 0 Å². The van der Waals surface area contributed by atoms with Gasteiger partial charge in [0.2, 0.25) is 0 Å². The highest BCUT2D eigenvalue weighted by atomic mass is 35.5. The van der Waals surface area contributed by atoms with Crippen molar-refractivity contribution >= 4 is 28.9 Å². The van der Waals surface area contributed by atoms with E-state index in [0.29, 0.717) is 28.7 Å². The van der Waals surface area contributed by atoms with Crippen LogP contribution in [0, 0.1) is 0 Å². The zero-order valence-electron chi connectivity index (χ0n) is 18.9. The summed E-state index contributed by atoms with van der Waals surface area (Å²) in [5.41, 5.74) is 3.40. The lowest BCUT2D eigenvalue weighted by Gasteiger charge is -2.34. The molecule has 0 aromatic heterocycles. The van der Waals surface area contributed by atoms with Crippen molar-refractivity contribution in [2.45, 2.75) is 6.61 Å². The predicted molar refractivity (Wildman–Crippen MR) is 133 cm³/mol. The van der Waals surface area contributed by atoms with Crippen LogP contribution in [0.5, 0.6) is 11.5 Å². The molecule has 33 heavy (non-hydrogen) atoms. The van der Waals surface area contributed by atoms with Gasteiger partial charge in [-0.05, 0) is 67.2 Å². The number of likely N-dealkylation sites (N-methyl/N-ethyl adjacent to an activating group) is 1. The lowest BCUT2D eigenvalue weighted by molar-refractivity contribution is 0.102. The number of benzene rings is 3. The van der Waals surface area contributed by atoms with Crippen molar-refractivity contribution in [3.8, 4) is 11.5 Å². The molecular weight excluding hydrogens is 438 g/mol. The Labute approximate surface area is 199 Å². The third-order valence-electron chi connectivity index (χ3n) is 5.73. The minimum atomic E-state index is -0.204. The van der Waals surface area contributed by atoms with Crippen molar-refractivity contribution in [2.75, 3.05) is 50.6 Å². The summed E-state index contributed by atoms with van der Waals surface area (Å²) in [4.78, 5) is 17.5. The minimum Gasteiger partial charge on any atom is -0.493 e. The number of halogens is 1. The molecule has 0 saturated carbocycles. The van der Waals surface area contributed by atoms with Gasteiger partial charge in [0.05, 0.1) is 7.11 Å². The van der Waals surface area contributed by atoms with Gasteiger partial charge >= 0.3 is 0 Å². The zero-order chi connectivity index (χ0) is 23.2. The molecule has 1 amide bonds. The number of rotatable bonds is 7. The van der Waals surface area contributed by atoms with E-state index >= 15 is 0 Å². The molecule has 0 spiro atoms. The van der Waals surface area contributed by atoms with Gasteiger partial charge in [-0.1, -0.05) is 23.7 Å². The molecule has 1 aliphatic rings. The molecule has 1 N–H and O–H groups in total. The van der Waals surface area contributed by atoms with Gasteiger partial charge in [0.1, 0.15) is 6.61 Å². The highest BCUT2D eigenvalue weighted by molar-refractivity contribution is 6.30. The van der Waals surface area contributed by atoms with E-state index in [9.17, 15) is 4.79 Å². The average molecular weight is 466 g/mol. The van der Waals surface area contributed by atoms with Gasteiger partial charge in [-0.2, -0.15) is 0 Å². The van der Waals surface area contributed by atoms with Crippen LogP contribution in [0.1, 0.15) is 15.9 Å². The molecule has 1 fully saturated rings. The average Bonchev–Trinajstić information content (AvgIpc) is 2.84. The Bertz CT molecular complexity index is 1080. The van der Waals surface area contributed by atoms with E-state index in [4.69, 9.17) is 21.1 Å². The van der Waals surface area contributed by atoms with Crippen LogP contribution in [0.3, 0.4) is 0 Å². The standard InChI is InChI=1S/C26H28ClN3O3/c1-29-13-15-30(16-14-29)23-10-8-22(9-11-23)28-26(31)20-5-12-24(25(17-20)32-2)33-18-19-3-6-21(27)7-4-19/h3-12,17H,13-16,18H2,1-2H3,(H,28,31). The molecule has 1 saturated heterocycles. The van der Waals surface area contributed by atoms with Gasteiger partial charge in [-0.3, -0.25) is 4.79 Å². The summed E-state index contributed by atoms with van der Waals surface area (Å²) in [5.74, 6) is 0.868. The fraction of sp³-hybridized carbons (Fsp3) is 0.269.